The van der Waals surface area contributed by atoms with E-state index in [1.165, 1.54) is 24.3 Å². The van der Waals surface area contributed by atoms with Gasteiger partial charge in [-0.3, -0.25) is 9.59 Å². The molecule has 1 aromatic heterocycles. The van der Waals surface area contributed by atoms with Gasteiger partial charge in [-0.05, 0) is 29.8 Å². The number of carbonyl (C=O) groups excluding carboxylic acids is 2. The minimum absolute atomic E-state index is 0.0558. The van der Waals surface area contributed by atoms with Gasteiger partial charge in [0.25, 0.3) is 0 Å². The number of nitrogens with one attached hydrogen (secondary N) is 2. The maximum Gasteiger partial charge on any atom is 0.230 e. The van der Waals surface area contributed by atoms with Crippen molar-refractivity contribution in [3.63, 3.8) is 0 Å². The van der Waals surface area contributed by atoms with Gasteiger partial charge >= 0.3 is 0 Å². The Balaban J connectivity index is 1.74. The molecule has 2 aromatic carbocycles. The summed E-state index contributed by atoms with van der Waals surface area (Å²) in [5.41, 5.74) is 1.72. The first-order valence-corrected chi connectivity index (χ1v) is 8.04. The lowest BCUT2D eigenvalue weighted by atomic mass is 10.1. The van der Waals surface area contributed by atoms with Crippen molar-refractivity contribution in [3.8, 4) is 0 Å². The van der Waals surface area contributed by atoms with Gasteiger partial charge in [-0.1, -0.05) is 29.5 Å². The van der Waals surface area contributed by atoms with Crippen LogP contribution in [0.15, 0.2) is 42.5 Å². The minimum atomic E-state index is -0.406. The first kappa shape index (κ1) is 16.1. The summed E-state index contributed by atoms with van der Waals surface area (Å²) in [6.07, 6.45) is -0.0558. The third-order valence-electron chi connectivity index (χ3n) is 3.26. The number of aromatic nitrogens is 1. The molecule has 0 radical (unpaired) electrons. The van der Waals surface area contributed by atoms with Crippen molar-refractivity contribution in [1.29, 1.82) is 0 Å². The first-order valence-electron chi connectivity index (χ1n) is 7.23. The fourth-order valence-corrected chi connectivity index (χ4v) is 3.16. The van der Waals surface area contributed by atoms with Gasteiger partial charge in [-0.15, -0.1) is 0 Å². The molecule has 0 aliphatic heterocycles. The van der Waals surface area contributed by atoms with E-state index in [0.717, 1.165) is 10.2 Å². The first-order chi connectivity index (χ1) is 11.5. The van der Waals surface area contributed by atoms with Crippen LogP contribution in [0.4, 0.5) is 15.2 Å². The summed E-state index contributed by atoms with van der Waals surface area (Å²) >= 11 is 1.29. The van der Waals surface area contributed by atoms with Crippen molar-refractivity contribution < 1.29 is 14.0 Å². The van der Waals surface area contributed by atoms with E-state index in [2.05, 4.69) is 15.6 Å². The van der Waals surface area contributed by atoms with Crippen LogP contribution in [0.5, 0.6) is 0 Å². The molecular formula is C17H14FN3O2S. The van der Waals surface area contributed by atoms with Crippen LogP contribution < -0.4 is 10.6 Å². The van der Waals surface area contributed by atoms with E-state index in [9.17, 15) is 14.0 Å². The zero-order valence-corrected chi connectivity index (χ0v) is 13.6. The monoisotopic (exact) mass is 343 g/mol. The van der Waals surface area contributed by atoms with Gasteiger partial charge in [-0.2, -0.15) is 0 Å². The predicted octanol–water partition coefficient (Wildman–Crippen LogP) is 3.58. The highest BCUT2D eigenvalue weighted by atomic mass is 32.1. The maximum atomic E-state index is 13.6. The van der Waals surface area contributed by atoms with E-state index in [1.54, 1.807) is 36.4 Å². The topological polar surface area (TPSA) is 71.1 Å². The Hall–Kier alpha value is -2.80. The molecule has 2 N–H and O–H groups in total. The number of thiazole rings is 1. The number of rotatable bonds is 4. The van der Waals surface area contributed by atoms with Crippen molar-refractivity contribution in [2.45, 2.75) is 13.3 Å². The van der Waals surface area contributed by atoms with Gasteiger partial charge in [0.05, 0.1) is 16.6 Å². The number of hydrogen-bond acceptors (Lipinski definition) is 4. The van der Waals surface area contributed by atoms with Gasteiger partial charge in [-0.25, -0.2) is 9.37 Å². The van der Waals surface area contributed by atoms with E-state index >= 15 is 0 Å². The zero-order valence-electron chi connectivity index (χ0n) is 12.8. The summed E-state index contributed by atoms with van der Waals surface area (Å²) in [6.45, 7) is 1.44. The molecule has 24 heavy (non-hydrogen) atoms. The van der Waals surface area contributed by atoms with Crippen molar-refractivity contribution in [2.75, 3.05) is 10.6 Å². The lowest BCUT2D eigenvalue weighted by Crippen LogP contribution is -2.14. The molecule has 0 bridgehead atoms. The molecule has 0 atom stereocenters. The van der Waals surface area contributed by atoms with E-state index in [4.69, 9.17) is 0 Å². The lowest BCUT2D eigenvalue weighted by molar-refractivity contribution is -0.116. The standard InChI is InChI=1S/C17H14FN3O2S/c1-10(22)19-12-6-7-14-15(9-12)24-17(20-14)21-16(23)8-11-4-2-3-5-13(11)18/h2-7,9H,8H2,1H3,(H,19,22)(H,20,21,23). The van der Waals surface area contributed by atoms with Crippen LogP contribution in [0, 0.1) is 5.82 Å². The highest BCUT2D eigenvalue weighted by Gasteiger charge is 2.11. The number of halogens is 1. The second-order valence-electron chi connectivity index (χ2n) is 5.20. The molecule has 0 saturated heterocycles. The molecule has 2 amide bonds. The summed E-state index contributed by atoms with van der Waals surface area (Å²) < 4.78 is 14.4. The Morgan fingerprint density at radius 2 is 1.96 bits per heavy atom. The smallest absolute Gasteiger partial charge is 0.230 e. The molecule has 5 nitrogen and oxygen atoms in total. The molecule has 0 aliphatic carbocycles. The molecule has 3 aromatic rings. The number of anilines is 2. The van der Waals surface area contributed by atoms with Crippen LogP contribution in [-0.2, 0) is 16.0 Å². The molecule has 1 heterocycles. The number of hydrogen-bond donors (Lipinski definition) is 2. The fraction of sp³-hybridized carbons (Fsp3) is 0.118. The Labute approximate surface area is 141 Å². The third-order valence-corrected chi connectivity index (χ3v) is 4.20. The SMILES string of the molecule is CC(=O)Nc1ccc2nc(NC(=O)Cc3ccccc3F)sc2c1. The fourth-order valence-electron chi connectivity index (χ4n) is 2.24. The van der Waals surface area contributed by atoms with Crippen LogP contribution in [0.2, 0.25) is 0 Å². The van der Waals surface area contributed by atoms with Gasteiger partial charge in [0.15, 0.2) is 5.13 Å². The predicted molar refractivity (Wildman–Crippen MR) is 92.7 cm³/mol. The number of amides is 2. The highest BCUT2D eigenvalue weighted by Crippen LogP contribution is 2.28. The van der Waals surface area contributed by atoms with Gasteiger partial charge in [0, 0.05) is 12.6 Å². The molecular weight excluding hydrogens is 329 g/mol. The summed E-state index contributed by atoms with van der Waals surface area (Å²) in [5.74, 6) is -0.893. The van der Waals surface area contributed by atoms with E-state index in [1.807, 2.05) is 0 Å². The zero-order chi connectivity index (χ0) is 17.1. The Bertz CT molecular complexity index is 923. The van der Waals surface area contributed by atoms with Gasteiger partial charge in [0.1, 0.15) is 5.82 Å². The number of benzene rings is 2. The molecule has 0 unspecified atom stereocenters. The van der Waals surface area contributed by atoms with Crippen LogP contribution in [0.25, 0.3) is 10.2 Å². The molecule has 0 saturated carbocycles. The Morgan fingerprint density at radius 3 is 2.71 bits per heavy atom. The second kappa shape index (κ2) is 6.76. The number of carbonyl (C=O) groups is 2. The van der Waals surface area contributed by atoms with Crippen LogP contribution in [0.1, 0.15) is 12.5 Å². The van der Waals surface area contributed by atoms with Crippen LogP contribution in [0.3, 0.4) is 0 Å². The van der Waals surface area contributed by atoms with Crippen LogP contribution >= 0.6 is 11.3 Å². The second-order valence-corrected chi connectivity index (χ2v) is 6.23. The molecule has 7 heteroatoms. The summed E-state index contributed by atoms with van der Waals surface area (Å²) in [5, 5.41) is 5.81. The summed E-state index contributed by atoms with van der Waals surface area (Å²) in [6, 6.07) is 11.5. The Kier molecular flexibility index (Phi) is 4.52. The van der Waals surface area contributed by atoms with Crippen LogP contribution in [-0.4, -0.2) is 16.8 Å². The van der Waals surface area contributed by atoms with Crippen molar-refractivity contribution in [1.82, 2.24) is 4.98 Å². The van der Waals surface area contributed by atoms with E-state index in [-0.39, 0.29) is 18.2 Å². The number of fused-ring (bicyclic) bond motifs is 1. The van der Waals surface area contributed by atoms with Gasteiger partial charge in [0.2, 0.25) is 11.8 Å². The number of nitrogens with zero attached hydrogens (tertiary/aromatic N) is 1. The van der Waals surface area contributed by atoms with Crippen molar-refractivity contribution >= 4 is 44.2 Å². The summed E-state index contributed by atoms with van der Waals surface area (Å²) in [4.78, 5) is 27.5. The molecule has 0 aliphatic rings. The molecule has 0 fully saturated rings. The largest absolute Gasteiger partial charge is 0.326 e. The Morgan fingerprint density at radius 1 is 1.17 bits per heavy atom. The highest BCUT2D eigenvalue weighted by molar-refractivity contribution is 7.22. The van der Waals surface area contributed by atoms with Gasteiger partial charge < -0.3 is 10.6 Å². The average Bonchev–Trinajstić information content (AvgIpc) is 2.90. The molecule has 122 valence electrons. The van der Waals surface area contributed by atoms with Crippen molar-refractivity contribution in [2.24, 2.45) is 0 Å². The van der Waals surface area contributed by atoms with E-state index < -0.39 is 5.82 Å². The summed E-state index contributed by atoms with van der Waals surface area (Å²) in [7, 11) is 0. The van der Waals surface area contributed by atoms with Crippen molar-refractivity contribution in [3.05, 3.63) is 53.8 Å². The lowest BCUT2D eigenvalue weighted by Gasteiger charge is -2.02. The molecule has 0 spiro atoms. The quantitative estimate of drug-likeness (QED) is 0.761. The molecule has 3 rings (SSSR count). The average molecular weight is 343 g/mol. The third kappa shape index (κ3) is 3.75. The normalized spacial score (nSPS) is 10.6. The van der Waals surface area contributed by atoms with E-state index in [0.29, 0.717) is 16.4 Å². The minimum Gasteiger partial charge on any atom is -0.326 e. The maximum absolute atomic E-state index is 13.6.